The van der Waals surface area contributed by atoms with Crippen molar-refractivity contribution in [1.29, 1.82) is 0 Å². The van der Waals surface area contributed by atoms with E-state index in [-0.39, 0.29) is 10.7 Å². The fourth-order valence-corrected chi connectivity index (χ4v) is 3.20. The number of nitrogens with zero attached hydrogens (tertiary/aromatic N) is 2. The van der Waals surface area contributed by atoms with Crippen LogP contribution in [0.5, 0.6) is 0 Å². The van der Waals surface area contributed by atoms with Crippen molar-refractivity contribution in [3.8, 4) is 0 Å². The zero-order valence-electron chi connectivity index (χ0n) is 9.11. The third-order valence-corrected chi connectivity index (χ3v) is 4.47. The lowest BCUT2D eigenvalue weighted by Crippen LogP contribution is -2.24. The molecule has 0 saturated carbocycles. The van der Waals surface area contributed by atoms with Crippen molar-refractivity contribution in [3.63, 3.8) is 0 Å². The Hall–Kier alpha value is -0.650. The van der Waals surface area contributed by atoms with Crippen LogP contribution in [0.15, 0.2) is 26.8 Å². The number of aromatic nitrogens is 2. The van der Waals surface area contributed by atoms with Gasteiger partial charge in [0, 0.05) is 21.8 Å². The lowest BCUT2D eigenvalue weighted by atomic mass is 10.4. The molecule has 0 N–H and O–H groups in total. The molecule has 0 aliphatic rings. The molecule has 0 aliphatic carbocycles. The second kappa shape index (κ2) is 5.33. The number of hydrogen-bond acceptors (Lipinski definition) is 3. The van der Waals surface area contributed by atoms with Crippen LogP contribution >= 0.6 is 38.9 Å². The van der Waals surface area contributed by atoms with Crippen LogP contribution in [0, 0.1) is 0 Å². The summed E-state index contributed by atoms with van der Waals surface area (Å²) in [5.74, 6) is 0.711. The lowest BCUT2D eigenvalue weighted by Gasteiger charge is -2.09. The van der Waals surface area contributed by atoms with Gasteiger partial charge >= 0.3 is 0 Å². The van der Waals surface area contributed by atoms with Crippen LogP contribution in [0.25, 0.3) is 0 Å². The topological polar surface area (TPSA) is 34.9 Å². The predicted molar refractivity (Wildman–Crippen MR) is 74.0 cm³/mol. The standard InChI is InChI=1S/C11H10BrClN2OS/c1-2-10-14-9(13)5-11(16)15(10)6-8-7(12)3-4-17-8/h3-5H,2,6H2,1H3. The second-order valence-corrected chi connectivity index (χ2v) is 5.71. The van der Waals surface area contributed by atoms with Gasteiger partial charge in [0.05, 0.1) is 6.54 Å². The van der Waals surface area contributed by atoms with Crippen molar-refractivity contribution < 1.29 is 0 Å². The highest BCUT2D eigenvalue weighted by atomic mass is 79.9. The molecule has 0 aromatic carbocycles. The summed E-state index contributed by atoms with van der Waals surface area (Å²) in [6.07, 6.45) is 0.679. The number of rotatable bonds is 3. The van der Waals surface area contributed by atoms with Crippen LogP contribution in [-0.2, 0) is 13.0 Å². The monoisotopic (exact) mass is 332 g/mol. The molecule has 2 heterocycles. The molecule has 3 nitrogen and oxygen atoms in total. The molecule has 2 aromatic rings. The molecule has 2 aromatic heterocycles. The van der Waals surface area contributed by atoms with Crippen molar-refractivity contribution in [3.05, 3.63) is 48.2 Å². The van der Waals surface area contributed by atoms with E-state index in [0.29, 0.717) is 18.8 Å². The molecule has 0 atom stereocenters. The normalized spacial score (nSPS) is 10.8. The van der Waals surface area contributed by atoms with Gasteiger partial charge in [-0.1, -0.05) is 18.5 Å². The van der Waals surface area contributed by atoms with E-state index in [9.17, 15) is 4.79 Å². The smallest absolute Gasteiger partial charge is 0.255 e. The highest BCUT2D eigenvalue weighted by Gasteiger charge is 2.09. The summed E-state index contributed by atoms with van der Waals surface area (Å²) in [6.45, 7) is 2.49. The van der Waals surface area contributed by atoms with Crippen molar-refractivity contribution in [1.82, 2.24) is 9.55 Å². The van der Waals surface area contributed by atoms with E-state index in [1.165, 1.54) is 6.07 Å². The molecule has 0 saturated heterocycles. The number of hydrogen-bond donors (Lipinski definition) is 0. The third-order valence-electron chi connectivity index (χ3n) is 2.37. The minimum atomic E-state index is -0.109. The number of halogens is 2. The second-order valence-electron chi connectivity index (χ2n) is 3.46. The first-order valence-electron chi connectivity index (χ1n) is 5.10. The Labute approximate surface area is 116 Å². The lowest BCUT2D eigenvalue weighted by molar-refractivity contribution is 0.680. The zero-order chi connectivity index (χ0) is 12.4. The summed E-state index contributed by atoms with van der Waals surface area (Å²) in [5.41, 5.74) is -0.109. The van der Waals surface area contributed by atoms with Crippen LogP contribution in [0.3, 0.4) is 0 Å². The first-order valence-corrected chi connectivity index (χ1v) is 7.15. The molecule has 90 valence electrons. The molecule has 0 fully saturated rings. The molecule has 0 bridgehead atoms. The van der Waals surface area contributed by atoms with E-state index in [1.807, 2.05) is 18.4 Å². The van der Waals surface area contributed by atoms with Crippen molar-refractivity contribution in [2.24, 2.45) is 0 Å². The average molecular weight is 334 g/mol. The molecular weight excluding hydrogens is 324 g/mol. The zero-order valence-corrected chi connectivity index (χ0v) is 12.3. The van der Waals surface area contributed by atoms with Gasteiger partial charge in [0.1, 0.15) is 11.0 Å². The van der Waals surface area contributed by atoms with Gasteiger partial charge in [0.15, 0.2) is 0 Å². The molecule has 0 amide bonds. The predicted octanol–water partition coefficient (Wildman–Crippen LogP) is 3.33. The number of aryl methyl sites for hydroxylation is 1. The summed E-state index contributed by atoms with van der Waals surface area (Å²) in [5, 5.41) is 2.24. The molecule has 0 aliphatic heterocycles. The van der Waals surface area contributed by atoms with Crippen LogP contribution in [0.4, 0.5) is 0 Å². The van der Waals surface area contributed by atoms with E-state index >= 15 is 0 Å². The summed E-state index contributed by atoms with van der Waals surface area (Å²) in [7, 11) is 0. The maximum atomic E-state index is 11.9. The van der Waals surface area contributed by atoms with Crippen molar-refractivity contribution in [2.45, 2.75) is 19.9 Å². The Morgan fingerprint density at radius 2 is 2.35 bits per heavy atom. The van der Waals surface area contributed by atoms with Gasteiger partial charge in [-0.3, -0.25) is 9.36 Å². The highest BCUT2D eigenvalue weighted by molar-refractivity contribution is 9.10. The quantitative estimate of drug-likeness (QED) is 0.808. The van der Waals surface area contributed by atoms with Gasteiger partial charge in [-0.15, -0.1) is 11.3 Å². The van der Waals surface area contributed by atoms with Crippen LogP contribution < -0.4 is 5.56 Å². The summed E-state index contributed by atoms with van der Waals surface area (Å²) in [6, 6.07) is 3.32. The molecule has 6 heteroatoms. The maximum Gasteiger partial charge on any atom is 0.255 e. The van der Waals surface area contributed by atoms with Gasteiger partial charge in [-0.25, -0.2) is 4.98 Å². The van der Waals surface area contributed by atoms with Crippen LogP contribution in [0.2, 0.25) is 5.15 Å². The Morgan fingerprint density at radius 1 is 1.59 bits per heavy atom. The van der Waals surface area contributed by atoms with Gasteiger partial charge in [0.25, 0.3) is 5.56 Å². The Morgan fingerprint density at radius 3 is 2.94 bits per heavy atom. The van der Waals surface area contributed by atoms with Crippen LogP contribution in [0.1, 0.15) is 17.6 Å². The van der Waals surface area contributed by atoms with Crippen LogP contribution in [-0.4, -0.2) is 9.55 Å². The molecule has 2 rings (SSSR count). The minimum Gasteiger partial charge on any atom is -0.291 e. The van der Waals surface area contributed by atoms with E-state index in [1.54, 1.807) is 15.9 Å². The largest absolute Gasteiger partial charge is 0.291 e. The SMILES string of the molecule is CCc1nc(Cl)cc(=O)n1Cc1sccc1Br. The summed E-state index contributed by atoms with van der Waals surface area (Å²) < 4.78 is 2.68. The Kier molecular flexibility index (Phi) is 4.01. The van der Waals surface area contributed by atoms with Crippen molar-refractivity contribution in [2.75, 3.05) is 0 Å². The molecular formula is C11H10BrClN2OS. The van der Waals surface area contributed by atoms with E-state index < -0.39 is 0 Å². The first-order chi connectivity index (χ1) is 8.11. The van der Waals surface area contributed by atoms with Gasteiger partial charge in [-0.2, -0.15) is 0 Å². The Balaban J connectivity index is 2.45. The summed E-state index contributed by atoms with van der Waals surface area (Å²) >= 11 is 10.8. The molecule has 0 radical (unpaired) electrons. The van der Waals surface area contributed by atoms with Gasteiger partial charge < -0.3 is 0 Å². The molecule has 0 unspecified atom stereocenters. The van der Waals surface area contributed by atoms with E-state index in [2.05, 4.69) is 20.9 Å². The average Bonchev–Trinajstić information content (AvgIpc) is 2.68. The van der Waals surface area contributed by atoms with E-state index in [0.717, 1.165) is 9.35 Å². The minimum absolute atomic E-state index is 0.109. The van der Waals surface area contributed by atoms with E-state index in [4.69, 9.17) is 11.6 Å². The maximum absolute atomic E-state index is 11.9. The van der Waals surface area contributed by atoms with Gasteiger partial charge in [-0.05, 0) is 27.4 Å². The third kappa shape index (κ3) is 2.78. The summed E-state index contributed by atoms with van der Waals surface area (Å²) in [4.78, 5) is 17.2. The van der Waals surface area contributed by atoms with Gasteiger partial charge in [0.2, 0.25) is 0 Å². The van der Waals surface area contributed by atoms with Crippen molar-refractivity contribution >= 4 is 38.9 Å². The first kappa shape index (κ1) is 12.8. The molecule has 17 heavy (non-hydrogen) atoms. The molecule has 0 spiro atoms. The fourth-order valence-electron chi connectivity index (χ4n) is 1.54. The highest BCUT2D eigenvalue weighted by Crippen LogP contribution is 2.23. The Bertz CT molecular complexity index is 593. The fraction of sp³-hybridized carbons (Fsp3) is 0.273. The number of thiophene rings is 1.